The van der Waals surface area contributed by atoms with Crippen molar-refractivity contribution < 1.29 is 0 Å². The van der Waals surface area contributed by atoms with Gasteiger partial charge < -0.3 is 9.88 Å². The molecule has 0 aliphatic carbocycles. The molecule has 0 bridgehead atoms. The smallest absolute Gasteiger partial charge is 0.161 e. The Hall–Kier alpha value is -1.94. The fourth-order valence-corrected chi connectivity index (χ4v) is 3.31. The number of hydrogen-bond donors (Lipinski definition) is 1. The van der Waals surface area contributed by atoms with Crippen LogP contribution in [0.2, 0.25) is 0 Å². The molecule has 0 spiro atoms. The highest BCUT2D eigenvalue weighted by molar-refractivity contribution is 6.02. The maximum Gasteiger partial charge on any atom is 0.161 e. The van der Waals surface area contributed by atoms with E-state index in [9.17, 15) is 0 Å². The Morgan fingerprint density at radius 2 is 2.25 bits per heavy atom. The highest BCUT2D eigenvalue weighted by Gasteiger charge is 2.23. The van der Waals surface area contributed by atoms with Gasteiger partial charge in [0.2, 0.25) is 0 Å². The fraction of sp³-hybridized carbons (Fsp3) is 0.375. The van der Waals surface area contributed by atoms with Gasteiger partial charge in [0.05, 0.1) is 5.52 Å². The molecule has 4 rings (SSSR count). The van der Waals surface area contributed by atoms with Crippen molar-refractivity contribution in [2.45, 2.75) is 19.4 Å². The van der Waals surface area contributed by atoms with E-state index in [1.807, 2.05) is 12.4 Å². The highest BCUT2D eigenvalue weighted by Crippen LogP contribution is 2.30. The van der Waals surface area contributed by atoms with Crippen LogP contribution in [-0.4, -0.2) is 27.6 Å². The van der Waals surface area contributed by atoms with Crippen molar-refractivity contribution >= 4 is 21.9 Å². The molecule has 0 amide bonds. The van der Waals surface area contributed by atoms with Crippen molar-refractivity contribution in [3.05, 3.63) is 36.8 Å². The van der Waals surface area contributed by atoms with E-state index in [0.717, 1.165) is 24.1 Å². The molecule has 0 unspecified atom stereocenters. The van der Waals surface area contributed by atoms with Gasteiger partial charge in [-0.1, -0.05) is 6.92 Å². The number of rotatable bonds is 1. The zero-order valence-corrected chi connectivity index (χ0v) is 11.6. The molecule has 3 aromatic heterocycles. The molecule has 4 heteroatoms. The second-order valence-electron chi connectivity index (χ2n) is 5.70. The molecule has 2 atom stereocenters. The number of nitrogens with zero attached hydrogens (tertiary/aromatic N) is 3. The van der Waals surface area contributed by atoms with Crippen molar-refractivity contribution in [2.75, 3.05) is 13.1 Å². The normalized spacial score (nSPS) is 23.4. The van der Waals surface area contributed by atoms with Crippen molar-refractivity contribution in [1.29, 1.82) is 0 Å². The lowest BCUT2D eigenvalue weighted by molar-refractivity contribution is 0.279. The first-order valence-corrected chi connectivity index (χ1v) is 7.25. The van der Waals surface area contributed by atoms with Gasteiger partial charge in [-0.25, -0.2) is 9.97 Å². The standard InChI is InChI=1S/C16H18N4/c1-11-4-6-17-10-14(11)20-8-2-3-12-9-19-16-13(15(12)20)5-7-18-16/h2-3,5,7-9,11,14,17H,4,6,10H2,1H3/t11-,14+/m1/s1. The van der Waals surface area contributed by atoms with Crippen molar-refractivity contribution in [3.63, 3.8) is 0 Å². The van der Waals surface area contributed by atoms with E-state index in [0.29, 0.717) is 12.0 Å². The summed E-state index contributed by atoms with van der Waals surface area (Å²) in [6, 6.07) is 6.81. The van der Waals surface area contributed by atoms with Crippen LogP contribution in [0.3, 0.4) is 0 Å². The number of nitrogens with one attached hydrogen (secondary N) is 1. The molecule has 3 aromatic rings. The van der Waals surface area contributed by atoms with Gasteiger partial charge in [0.25, 0.3) is 0 Å². The van der Waals surface area contributed by atoms with Crippen molar-refractivity contribution in [3.8, 4) is 0 Å². The average molecular weight is 266 g/mol. The Balaban J connectivity index is 2.00. The second-order valence-corrected chi connectivity index (χ2v) is 5.70. The van der Waals surface area contributed by atoms with Gasteiger partial charge >= 0.3 is 0 Å². The minimum atomic E-state index is 0.493. The van der Waals surface area contributed by atoms with E-state index in [-0.39, 0.29) is 0 Å². The van der Waals surface area contributed by atoms with Crippen LogP contribution in [0.25, 0.3) is 21.9 Å². The summed E-state index contributed by atoms with van der Waals surface area (Å²) >= 11 is 0. The Bertz CT molecular complexity index is 761. The molecule has 0 saturated carbocycles. The summed E-state index contributed by atoms with van der Waals surface area (Å²) < 4.78 is 2.41. The van der Waals surface area contributed by atoms with Crippen LogP contribution < -0.4 is 5.32 Å². The van der Waals surface area contributed by atoms with Gasteiger partial charge in [-0.3, -0.25) is 0 Å². The van der Waals surface area contributed by atoms with Crippen LogP contribution in [0.5, 0.6) is 0 Å². The molecule has 1 aliphatic heterocycles. The van der Waals surface area contributed by atoms with Crippen LogP contribution in [0.1, 0.15) is 19.4 Å². The molecular formula is C16H18N4. The summed E-state index contributed by atoms with van der Waals surface area (Å²) in [6.07, 6.45) is 7.20. The van der Waals surface area contributed by atoms with Gasteiger partial charge in [-0.2, -0.15) is 0 Å². The number of pyridine rings is 2. The first kappa shape index (κ1) is 11.9. The van der Waals surface area contributed by atoms with Gasteiger partial charge in [0.1, 0.15) is 0 Å². The lowest BCUT2D eigenvalue weighted by Crippen LogP contribution is -2.37. The van der Waals surface area contributed by atoms with E-state index in [1.165, 1.54) is 17.3 Å². The maximum absolute atomic E-state index is 4.43. The van der Waals surface area contributed by atoms with Crippen LogP contribution in [0.4, 0.5) is 0 Å². The SMILES string of the molecule is C[C@@H]1CCNC[C@@H]1n1cccc2cnc3nccc3c21. The third kappa shape index (κ3) is 1.72. The van der Waals surface area contributed by atoms with Crippen LogP contribution in [0.15, 0.2) is 36.8 Å². The quantitative estimate of drug-likeness (QED) is 0.736. The van der Waals surface area contributed by atoms with E-state index < -0.39 is 0 Å². The summed E-state index contributed by atoms with van der Waals surface area (Å²) in [4.78, 5) is 8.77. The zero-order chi connectivity index (χ0) is 13.5. The predicted molar refractivity (Wildman–Crippen MR) is 80.7 cm³/mol. The first-order valence-electron chi connectivity index (χ1n) is 7.25. The fourth-order valence-electron chi connectivity index (χ4n) is 3.31. The molecular weight excluding hydrogens is 248 g/mol. The third-order valence-corrected chi connectivity index (χ3v) is 4.46. The van der Waals surface area contributed by atoms with Crippen LogP contribution >= 0.6 is 0 Å². The molecule has 0 radical (unpaired) electrons. The second kappa shape index (κ2) is 4.56. The number of fused-ring (bicyclic) bond motifs is 3. The van der Waals surface area contributed by atoms with Gasteiger partial charge in [-0.15, -0.1) is 0 Å². The summed E-state index contributed by atoms with van der Waals surface area (Å²) in [5, 5.41) is 5.86. The van der Waals surface area contributed by atoms with Crippen LogP contribution in [0, 0.1) is 5.92 Å². The third-order valence-electron chi connectivity index (χ3n) is 4.46. The summed E-state index contributed by atoms with van der Waals surface area (Å²) in [6.45, 7) is 4.50. The van der Waals surface area contributed by atoms with Crippen LogP contribution in [-0.2, 0) is 0 Å². The lowest BCUT2D eigenvalue weighted by atomic mass is 9.94. The van der Waals surface area contributed by atoms with E-state index in [2.05, 4.69) is 51.2 Å². The predicted octanol–water partition coefficient (Wildman–Crippen LogP) is 2.76. The van der Waals surface area contributed by atoms with Gasteiger partial charge in [-0.05, 0) is 37.1 Å². The largest absolute Gasteiger partial charge is 0.342 e. The lowest BCUT2D eigenvalue weighted by Gasteiger charge is -2.32. The molecule has 1 fully saturated rings. The Labute approximate surface area is 117 Å². The molecule has 1 saturated heterocycles. The molecule has 20 heavy (non-hydrogen) atoms. The van der Waals surface area contributed by atoms with E-state index in [4.69, 9.17) is 0 Å². The number of piperidine rings is 1. The van der Waals surface area contributed by atoms with E-state index in [1.54, 1.807) is 0 Å². The first-order chi connectivity index (χ1) is 9.84. The maximum atomic E-state index is 4.43. The van der Waals surface area contributed by atoms with Crippen molar-refractivity contribution in [2.24, 2.45) is 5.92 Å². The number of hydrogen-bond acceptors (Lipinski definition) is 3. The molecule has 102 valence electrons. The summed E-state index contributed by atoms with van der Waals surface area (Å²) in [5.41, 5.74) is 2.10. The Morgan fingerprint density at radius 3 is 3.15 bits per heavy atom. The summed E-state index contributed by atoms with van der Waals surface area (Å²) in [7, 11) is 0. The molecule has 4 heterocycles. The molecule has 1 aliphatic rings. The molecule has 4 nitrogen and oxygen atoms in total. The van der Waals surface area contributed by atoms with E-state index >= 15 is 0 Å². The average Bonchev–Trinajstić information content (AvgIpc) is 2.96. The zero-order valence-electron chi connectivity index (χ0n) is 11.6. The van der Waals surface area contributed by atoms with Gasteiger partial charge in [0, 0.05) is 41.9 Å². The molecule has 1 N–H and O–H groups in total. The van der Waals surface area contributed by atoms with Crippen molar-refractivity contribution in [1.82, 2.24) is 19.9 Å². The minimum absolute atomic E-state index is 0.493. The Kier molecular flexibility index (Phi) is 2.70. The van der Waals surface area contributed by atoms with Gasteiger partial charge in [0.15, 0.2) is 5.65 Å². The topological polar surface area (TPSA) is 42.7 Å². The minimum Gasteiger partial charge on any atom is -0.342 e. The number of aromatic nitrogens is 3. The Morgan fingerprint density at radius 1 is 1.30 bits per heavy atom. The monoisotopic (exact) mass is 266 g/mol. The molecule has 0 aromatic carbocycles. The summed E-state index contributed by atoms with van der Waals surface area (Å²) in [5.74, 6) is 0.679. The highest BCUT2D eigenvalue weighted by atomic mass is 15.1.